The maximum absolute atomic E-state index is 3.45. The lowest BCUT2D eigenvalue weighted by Gasteiger charge is -2.08. The van der Waals surface area contributed by atoms with Crippen LogP contribution in [0.15, 0.2) is 18.2 Å². The molecule has 0 spiro atoms. The van der Waals surface area contributed by atoms with Crippen LogP contribution in [0.25, 0.3) is 0 Å². The molecule has 0 nitrogen and oxygen atoms in total. The summed E-state index contributed by atoms with van der Waals surface area (Å²) < 4.78 is 0. The van der Waals surface area contributed by atoms with Crippen LogP contribution in [-0.4, -0.2) is 0 Å². The number of unbranched alkanes of at least 4 members (excludes halogenated alkanes) is 6. The van der Waals surface area contributed by atoms with Gasteiger partial charge in [-0.1, -0.05) is 70.6 Å². The summed E-state index contributed by atoms with van der Waals surface area (Å²) >= 11 is 0. The van der Waals surface area contributed by atoms with Crippen molar-refractivity contribution in [3.63, 3.8) is 0 Å². The predicted molar refractivity (Wildman–Crippen MR) is 81.0 cm³/mol. The molecule has 0 aliphatic carbocycles. The van der Waals surface area contributed by atoms with Crippen LogP contribution in [0.2, 0.25) is 0 Å². The molecule has 0 amide bonds. The zero-order valence-electron chi connectivity index (χ0n) is 12.3. The van der Waals surface area contributed by atoms with Gasteiger partial charge in [-0.2, -0.15) is 0 Å². The van der Waals surface area contributed by atoms with Gasteiger partial charge in [-0.05, 0) is 42.9 Å². The van der Waals surface area contributed by atoms with Crippen molar-refractivity contribution in [1.29, 1.82) is 0 Å². The Kier molecular flexibility index (Phi) is 8.63. The van der Waals surface area contributed by atoms with Gasteiger partial charge in [0.25, 0.3) is 0 Å². The molecular weight excluding hydrogens is 216 g/mol. The van der Waals surface area contributed by atoms with Gasteiger partial charge in [-0.15, -0.1) is 0 Å². The zero-order chi connectivity index (χ0) is 13.1. The molecule has 0 N–H and O–H groups in total. The zero-order valence-corrected chi connectivity index (χ0v) is 12.3. The number of rotatable bonds is 10. The van der Waals surface area contributed by atoms with Crippen LogP contribution in [-0.2, 0) is 12.8 Å². The summed E-state index contributed by atoms with van der Waals surface area (Å²) in [4.78, 5) is 0. The van der Waals surface area contributed by atoms with Gasteiger partial charge in [-0.3, -0.25) is 0 Å². The summed E-state index contributed by atoms with van der Waals surface area (Å²) in [6.45, 7) is 4.54. The second-order valence-electron chi connectivity index (χ2n) is 5.30. The molecule has 1 radical (unpaired) electrons. The molecule has 0 aliphatic rings. The van der Waals surface area contributed by atoms with Gasteiger partial charge in [-0.25, -0.2) is 0 Å². The topological polar surface area (TPSA) is 0 Å². The SMILES string of the molecule is CCCCCCCc1[c]cccc1CCCCC. The minimum Gasteiger partial charge on any atom is -0.0654 e. The molecule has 0 aliphatic heterocycles. The van der Waals surface area contributed by atoms with Crippen molar-refractivity contribution < 1.29 is 0 Å². The first-order chi connectivity index (χ1) is 8.88. The van der Waals surface area contributed by atoms with E-state index in [0.717, 1.165) is 0 Å². The van der Waals surface area contributed by atoms with Crippen LogP contribution in [0.3, 0.4) is 0 Å². The maximum atomic E-state index is 3.45. The molecule has 0 aromatic heterocycles. The van der Waals surface area contributed by atoms with E-state index in [1.807, 2.05) is 0 Å². The Morgan fingerprint density at radius 1 is 0.833 bits per heavy atom. The second kappa shape index (κ2) is 10.2. The predicted octanol–water partition coefficient (Wildman–Crippen LogP) is 5.73. The van der Waals surface area contributed by atoms with Crippen molar-refractivity contribution in [3.05, 3.63) is 35.4 Å². The fraction of sp³-hybridized carbons (Fsp3) is 0.667. The molecular formula is C18H29. The largest absolute Gasteiger partial charge is 0.0654 e. The lowest BCUT2D eigenvalue weighted by atomic mass is 9.97. The maximum Gasteiger partial charge on any atom is -0.0146 e. The van der Waals surface area contributed by atoms with Crippen molar-refractivity contribution in [2.24, 2.45) is 0 Å². The monoisotopic (exact) mass is 245 g/mol. The third-order valence-corrected chi connectivity index (χ3v) is 3.62. The van der Waals surface area contributed by atoms with E-state index >= 15 is 0 Å². The number of hydrogen-bond acceptors (Lipinski definition) is 0. The fourth-order valence-corrected chi connectivity index (χ4v) is 2.44. The van der Waals surface area contributed by atoms with Crippen LogP contribution in [0.5, 0.6) is 0 Å². The van der Waals surface area contributed by atoms with Crippen LogP contribution >= 0.6 is 0 Å². The van der Waals surface area contributed by atoms with Crippen molar-refractivity contribution in [2.45, 2.75) is 78.1 Å². The van der Waals surface area contributed by atoms with Gasteiger partial charge < -0.3 is 0 Å². The van der Waals surface area contributed by atoms with Gasteiger partial charge in [0.1, 0.15) is 0 Å². The number of hydrogen-bond donors (Lipinski definition) is 0. The standard InChI is InChI=1S/C18H29/c1-3-5-7-8-10-14-18-16-12-11-15-17(18)13-9-6-4-2/h11-12,15H,3-10,13-14H2,1-2H3. The fourth-order valence-electron chi connectivity index (χ4n) is 2.44. The third kappa shape index (κ3) is 6.23. The average Bonchev–Trinajstić information content (AvgIpc) is 2.40. The molecule has 0 heteroatoms. The summed E-state index contributed by atoms with van der Waals surface area (Å²) in [7, 11) is 0. The van der Waals surface area contributed by atoms with Crippen LogP contribution < -0.4 is 0 Å². The molecule has 101 valence electrons. The summed E-state index contributed by atoms with van der Waals surface area (Å²) in [6, 6.07) is 9.97. The first kappa shape index (κ1) is 15.3. The Hall–Kier alpha value is -0.780. The van der Waals surface area contributed by atoms with E-state index in [1.165, 1.54) is 69.8 Å². The van der Waals surface area contributed by atoms with E-state index in [0.29, 0.717) is 0 Å². The summed E-state index contributed by atoms with van der Waals surface area (Å²) in [6.07, 6.45) is 13.3. The van der Waals surface area contributed by atoms with Gasteiger partial charge in [0.15, 0.2) is 0 Å². The lowest BCUT2D eigenvalue weighted by molar-refractivity contribution is 0.629. The number of aryl methyl sites for hydroxylation is 2. The quantitative estimate of drug-likeness (QED) is 0.462. The van der Waals surface area contributed by atoms with E-state index in [2.05, 4.69) is 38.1 Å². The Morgan fingerprint density at radius 3 is 2.28 bits per heavy atom. The van der Waals surface area contributed by atoms with Crippen LogP contribution in [0, 0.1) is 6.07 Å². The van der Waals surface area contributed by atoms with E-state index in [9.17, 15) is 0 Å². The van der Waals surface area contributed by atoms with Crippen molar-refractivity contribution >= 4 is 0 Å². The Morgan fingerprint density at radius 2 is 1.50 bits per heavy atom. The molecule has 0 unspecified atom stereocenters. The minimum atomic E-state index is 1.23. The highest BCUT2D eigenvalue weighted by Crippen LogP contribution is 2.16. The summed E-state index contributed by atoms with van der Waals surface area (Å²) in [5.74, 6) is 0. The van der Waals surface area contributed by atoms with Gasteiger partial charge in [0.2, 0.25) is 0 Å². The first-order valence-electron chi connectivity index (χ1n) is 7.87. The molecule has 0 bridgehead atoms. The minimum absolute atomic E-state index is 1.23. The van der Waals surface area contributed by atoms with Crippen molar-refractivity contribution in [2.75, 3.05) is 0 Å². The number of benzene rings is 1. The summed E-state index contributed by atoms with van der Waals surface area (Å²) in [5.41, 5.74) is 3.02. The normalized spacial score (nSPS) is 10.8. The lowest BCUT2D eigenvalue weighted by Crippen LogP contribution is -1.95. The molecule has 1 aromatic carbocycles. The van der Waals surface area contributed by atoms with Gasteiger partial charge >= 0.3 is 0 Å². The van der Waals surface area contributed by atoms with E-state index in [1.54, 1.807) is 5.56 Å². The van der Waals surface area contributed by atoms with Gasteiger partial charge in [0.05, 0.1) is 0 Å². The smallest absolute Gasteiger partial charge is 0.0146 e. The Bertz CT molecular complexity index is 301. The molecule has 0 saturated heterocycles. The average molecular weight is 245 g/mol. The van der Waals surface area contributed by atoms with Crippen LogP contribution in [0.1, 0.15) is 76.3 Å². The van der Waals surface area contributed by atoms with Crippen LogP contribution in [0.4, 0.5) is 0 Å². The highest BCUT2D eigenvalue weighted by atomic mass is 14.1. The molecule has 0 heterocycles. The second-order valence-corrected chi connectivity index (χ2v) is 5.30. The molecule has 18 heavy (non-hydrogen) atoms. The molecule has 0 fully saturated rings. The van der Waals surface area contributed by atoms with E-state index < -0.39 is 0 Å². The molecule has 0 saturated carbocycles. The summed E-state index contributed by atoms with van der Waals surface area (Å²) in [5, 5.41) is 0. The molecule has 1 aromatic rings. The molecule has 0 atom stereocenters. The van der Waals surface area contributed by atoms with E-state index in [-0.39, 0.29) is 0 Å². The Labute approximate surface area is 114 Å². The highest BCUT2D eigenvalue weighted by molar-refractivity contribution is 5.26. The first-order valence-corrected chi connectivity index (χ1v) is 7.87. The van der Waals surface area contributed by atoms with E-state index in [4.69, 9.17) is 0 Å². The van der Waals surface area contributed by atoms with Gasteiger partial charge in [0, 0.05) is 0 Å². The van der Waals surface area contributed by atoms with Crippen molar-refractivity contribution in [1.82, 2.24) is 0 Å². The highest BCUT2D eigenvalue weighted by Gasteiger charge is 2.01. The molecule has 1 rings (SSSR count). The van der Waals surface area contributed by atoms with Crippen molar-refractivity contribution in [3.8, 4) is 0 Å². The Balaban J connectivity index is 2.33. The third-order valence-electron chi connectivity index (χ3n) is 3.62.